The van der Waals surface area contributed by atoms with Gasteiger partial charge in [-0.2, -0.15) is 0 Å². The number of hydrogen-bond donors (Lipinski definition) is 1. The van der Waals surface area contributed by atoms with Crippen molar-refractivity contribution in [3.63, 3.8) is 0 Å². The van der Waals surface area contributed by atoms with Crippen molar-refractivity contribution in [3.05, 3.63) is 59.0 Å². The minimum absolute atomic E-state index is 0.316. The molecule has 4 nitrogen and oxygen atoms in total. The lowest BCUT2D eigenvalue weighted by Crippen LogP contribution is -1.98. The second-order valence-electron chi connectivity index (χ2n) is 5.10. The summed E-state index contributed by atoms with van der Waals surface area (Å²) in [7, 11) is 0. The van der Waals surface area contributed by atoms with E-state index in [1.54, 1.807) is 0 Å². The van der Waals surface area contributed by atoms with Gasteiger partial charge in [0, 0.05) is 6.54 Å². The summed E-state index contributed by atoms with van der Waals surface area (Å²) in [5, 5.41) is 0. The first-order chi connectivity index (χ1) is 10.2. The number of nitrogens with two attached hydrogens (primary N) is 1. The van der Waals surface area contributed by atoms with Gasteiger partial charge in [-0.05, 0) is 48.7 Å². The Labute approximate surface area is 123 Å². The van der Waals surface area contributed by atoms with Crippen molar-refractivity contribution in [1.29, 1.82) is 0 Å². The molecule has 3 rings (SSSR count). The molecule has 21 heavy (non-hydrogen) atoms. The fourth-order valence-electron chi connectivity index (χ4n) is 2.23. The van der Waals surface area contributed by atoms with Crippen molar-refractivity contribution < 1.29 is 9.15 Å². The highest BCUT2D eigenvalue weighted by atomic mass is 16.5. The van der Waals surface area contributed by atoms with Crippen LogP contribution in [-0.2, 0) is 13.2 Å². The Bertz CT molecular complexity index is 778. The van der Waals surface area contributed by atoms with E-state index in [-0.39, 0.29) is 0 Å². The maximum atomic E-state index is 5.81. The smallest absolute Gasteiger partial charge is 0.233 e. The summed E-state index contributed by atoms with van der Waals surface area (Å²) in [5.74, 6) is 1.43. The first-order valence-corrected chi connectivity index (χ1v) is 6.95. The highest BCUT2D eigenvalue weighted by Crippen LogP contribution is 2.23. The molecule has 0 aliphatic carbocycles. The quantitative estimate of drug-likeness (QED) is 0.795. The van der Waals surface area contributed by atoms with Crippen LogP contribution in [-0.4, -0.2) is 4.98 Å². The normalized spacial score (nSPS) is 11.0. The van der Waals surface area contributed by atoms with Crippen LogP contribution in [0.5, 0.6) is 5.75 Å². The molecule has 1 aromatic heterocycles. The van der Waals surface area contributed by atoms with E-state index in [0.29, 0.717) is 19.0 Å². The third kappa shape index (κ3) is 2.76. The number of benzene rings is 2. The Morgan fingerprint density at radius 3 is 2.86 bits per heavy atom. The molecule has 0 atom stereocenters. The number of oxazole rings is 1. The molecule has 0 fully saturated rings. The van der Waals surface area contributed by atoms with Crippen LogP contribution in [0.3, 0.4) is 0 Å². The molecule has 2 aromatic carbocycles. The van der Waals surface area contributed by atoms with Gasteiger partial charge in [0.25, 0.3) is 0 Å². The van der Waals surface area contributed by atoms with E-state index in [2.05, 4.69) is 18.0 Å². The maximum Gasteiger partial charge on any atom is 0.233 e. The van der Waals surface area contributed by atoms with Gasteiger partial charge in [-0.3, -0.25) is 0 Å². The summed E-state index contributed by atoms with van der Waals surface area (Å²) in [5.41, 5.74) is 10.6. The van der Waals surface area contributed by atoms with Crippen LogP contribution in [0.4, 0.5) is 0 Å². The van der Waals surface area contributed by atoms with Crippen molar-refractivity contribution in [2.24, 2.45) is 5.73 Å². The fraction of sp³-hybridized carbons (Fsp3) is 0.235. The molecular weight excluding hydrogens is 264 g/mol. The summed E-state index contributed by atoms with van der Waals surface area (Å²) < 4.78 is 11.5. The molecule has 0 unspecified atom stereocenters. The number of aromatic nitrogens is 1. The first-order valence-electron chi connectivity index (χ1n) is 6.95. The van der Waals surface area contributed by atoms with Crippen LogP contribution in [0, 0.1) is 13.8 Å². The highest BCUT2D eigenvalue weighted by Gasteiger charge is 2.08. The highest BCUT2D eigenvalue weighted by molar-refractivity contribution is 5.73. The molecule has 0 bridgehead atoms. The number of aryl methyl sites for hydroxylation is 1. The zero-order chi connectivity index (χ0) is 14.8. The molecule has 4 heteroatoms. The van der Waals surface area contributed by atoms with Gasteiger partial charge in [-0.25, -0.2) is 4.98 Å². The van der Waals surface area contributed by atoms with E-state index in [9.17, 15) is 0 Å². The molecule has 108 valence electrons. The molecule has 0 amide bonds. The van der Waals surface area contributed by atoms with Gasteiger partial charge in [0.15, 0.2) is 12.2 Å². The summed E-state index contributed by atoms with van der Waals surface area (Å²) in [6.45, 7) is 4.92. The van der Waals surface area contributed by atoms with Crippen molar-refractivity contribution in [1.82, 2.24) is 4.98 Å². The molecular formula is C17H18N2O2. The Hall–Kier alpha value is -2.33. The van der Waals surface area contributed by atoms with E-state index in [1.807, 2.05) is 37.3 Å². The summed E-state index contributed by atoms with van der Waals surface area (Å²) in [6, 6.07) is 11.8. The lowest BCUT2D eigenvalue weighted by atomic mass is 10.1. The van der Waals surface area contributed by atoms with Gasteiger partial charge in [0.05, 0.1) is 0 Å². The fourth-order valence-corrected chi connectivity index (χ4v) is 2.23. The van der Waals surface area contributed by atoms with Crippen LogP contribution in [0.1, 0.15) is 22.6 Å². The number of hydrogen-bond acceptors (Lipinski definition) is 4. The van der Waals surface area contributed by atoms with Gasteiger partial charge in [0.2, 0.25) is 5.89 Å². The average molecular weight is 282 g/mol. The summed E-state index contributed by atoms with van der Waals surface area (Å²) in [4.78, 5) is 4.42. The number of nitrogens with zero attached hydrogens (tertiary/aromatic N) is 1. The van der Waals surface area contributed by atoms with E-state index in [0.717, 1.165) is 28.0 Å². The second-order valence-corrected chi connectivity index (χ2v) is 5.10. The number of ether oxygens (including phenoxy) is 1. The average Bonchev–Trinajstić information content (AvgIpc) is 2.90. The van der Waals surface area contributed by atoms with Gasteiger partial charge in [-0.15, -0.1) is 0 Å². The van der Waals surface area contributed by atoms with Crippen LogP contribution in [0.2, 0.25) is 0 Å². The standard InChI is InChI=1S/C17H18N2O2/c1-11-4-3-5-15(12(11)2)20-10-17-19-14-7-6-13(9-18)8-16(14)21-17/h3-8H,9-10,18H2,1-2H3. The molecule has 0 aliphatic rings. The van der Waals surface area contributed by atoms with E-state index in [1.165, 1.54) is 5.56 Å². The van der Waals surface area contributed by atoms with Crippen molar-refractivity contribution in [3.8, 4) is 5.75 Å². The maximum absolute atomic E-state index is 5.81. The molecule has 0 aliphatic heterocycles. The van der Waals surface area contributed by atoms with Gasteiger partial charge >= 0.3 is 0 Å². The van der Waals surface area contributed by atoms with Crippen LogP contribution >= 0.6 is 0 Å². The van der Waals surface area contributed by atoms with Crippen LogP contribution < -0.4 is 10.5 Å². The third-order valence-corrected chi connectivity index (χ3v) is 3.64. The molecule has 1 heterocycles. The minimum Gasteiger partial charge on any atom is -0.484 e. The molecule has 2 N–H and O–H groups in total. The lowest BCUT2D eigenvalue weighted by Gasteiger charge is -2.08. The lowest BCUT2D eigenvalue weighted by molar-refractivity contribution is 0.265. The predicted molar refractivity (Wildman–Crippen MR) is 82.1 cm³/mol. The van der Waals surface area contributed by atoms with Gasteiger partial charge < -0.3 is 14.9 Å². The Balaban J connectivity index is 1.80. The van der Waals surface area contributed by atoms with Crippen molar-refractivity contribution in [2.75, 3.05) is 0 Å². The zero-order valence-corrected chi connectivity index (χ0v) is 12.2. The van der Waals surface area contributed by atoms with E-state index in [4.69, 9.17) is 14.9 Å². The number of fused-ring (bicyclic) bond motifs is 1. The molecule has 0 radical (unpaired) electrons. The predicted octanol–water partition coefficient (Wildman–Crippen LogP) is 3.48. The molecule has 0 spiro atoms. The molecule has 0 saturated carbocycles. The summed E-state index contributed by atoms with van der Waals surface area (Å²) in [6.07, 6.45) is 0. The zero-order valence-electron chi connectivity index (χ0n) is 12.2. The Morgan fingerprint density at radius 2 is 2.05 bits per heavy atom. The van der Waals surface area contributed by atoms with Crippen molar-refractivity contribution >= 4 is 11.1 Å². The third-order valence-electron chi connectivity index (χ3n) is 3.64. The van der Waals surface area contributed by atoms with Gasteiger partial charge in [-0.1, -0.05) is 18.2 Å². The summed E-state index contributed by atoms with van der Waals surface area (Å²) >= 11 is 0. The Morgan fingerprint density at radius 1 is 1.19 bits per heavy atom. The van der Waals surface area contributed by atoms with Crippen molar-refractivity contribution in [2.45, 2.75) is 27.0 Å². The Kier molecular flexibility index (Phi) is 3.62. The van der Waals surface area contributed by atoms with Crippen LogP contribution in [0.15, 0.2) is 40.8 Å². The largest absolute Gasteiger partial charge is 0.484 e. The minimum atomic E-state index is 0.316. The number of rotatable bonds is 4. The SMILES string of the molecule is Cc1cccc(OCc2nc3ccc(CN)cc3o2)c1C. The topological polar surface area (TPSA) is 61.3 Å². The van der Waals surface area contributed by atoms with Gasteiger partial charge in [0.1, 0.15) is 11.3 Å². The van der Waals surface area contributed by atoms with E-state index < -0.39 is 0 Å². The monoisotopic (exact) mass is 282 g/mol. The second kappa shape index (κ2) is 5.58. The van der Waals surface area contributed by atoms with E-state index >= 15 is 0 Å². The first kappa shape index (κ1) is 13.6. The molecule has 0 saturated heterocycles. The molecule has 3 aromatic rings. The van der Waals surface area contributed by atoms with Crippen LogP contribution in [0.25, 0.3) is 11.1 Å².